The second kappa shape index (κ2) is 6.04. The molecule has 0 aliphatic rings. The van der Waals surface area contributed by atoms with Gasteiger partial charge in [0.1, 0.15) is 0 Å². The van der Waals surface area contributed by atoms with Crippen LogP contribution in [0.4, 0.5) is 0 Å². The van der Waals surface area contributed by atoms with Gasteiger partial charge in [0.2, 0.25) is 5.88 Å². The minimum Gasteiger partial charge on any atom is -0.478 e. The van der Waals surface area contributed by atoms with Crippen LogP contribution in [0.2, 0.25) is 0 Å². The number of pyridine rings is 1. The van der Waals surface area contributed by atoms with E-state index >= 15 is 0 Å². The molecule has 0 spiro atoms. The largest absolute Gasteiger partial charge is 0.478 e. The van der Waals surface area contributed by atoms with Crippen LogP contribution in [0, 0.1) is 0 Å². The molecule has 0 aliphatic heterocycles. The second-order valence-corrected chi connectivity index (χ2v) is 6.44. The molecule has 0 bridgehead atoms. The molecule has 0 radical (unpaired) electrons. The van der Waals surface area contributed by atoms with Gasteiger partial charge >= 0.3 is 0 Å². The molecule has 0 aromatic carbocycles. The molecular formula is C13H17N3O3S. The summed E-state index contributed by atoms with van der Waals surface area (Å²) in [5.41, 5.74) is 1.14. The van der Waals surface area contributed by atoms with E-state index in [1.54, 1.807) is 42.2 Å². The molecule has 0 unspecified atom stereocenters. The van der Waals surface area contributed by atoms with Gasteiger partial charge in [0, 0.05) is 19.3 Å². The third-order valence-electron chi connectivity index (χ3n) is 2.73. The molecule has 0 saturated heterocycles. The van der Waals surface area contributed by atoms with Gasteiger partial charge in [0.25, 0.3) is 0 Å². The van der Waals surface area contributed by atoms with Gasteiger partial charge < -0.3 is 4.74 Å². The minimum atomic E-state index is -3.29. The third kappa shape index (κ3) is 3.80. The summed E-state index contributed by atoms with van der Waals surface area (Å²) in [6.45, 7) is 2.35. The second-order valence-electron chi connectivity index (χ2n) is 4.38. The van der Waals surface area contributed by atoms with Crippen LogP contribution in [0.25, 0.3) is 0 Å². The Labute approximate surface area is 118 Å². The Hall–Kier alpha value is -1.89. The van der Waals surface area contributed by atoms with E-state index in [4.69, 9.17) is 4.74 Å². The van der Waals surface area contributed by atoms with Crippen molar-refractivity contribution < 1.29 is 13.2 Å². The lowest BCUT2D eigenvalue weighted by Crippen LogP contribution is -2.12. The van der Waals surface area contributed by atoms with E-state index in [-0.39, 0.29) is 11.5 Å². The smallest absolute Gasteiger partial charge is 0.213 e. The Morgan fingerprint density at radius 1 is 1.25 bits per heavy atom. The highest BCUT2D eigenvalue weighted by atomic mass is 32.2. The van der Waals surface area contributed by atoms with Crippen molar-refractivity contribution in [3.8, 4) is 5.88 Å². The molecule has 2 aromatic rings. The highest BCUT2D eigenvalue weighted by Crippen LogP contribution is 2.13. The fourth-order valence-electron chi connectivity index (χ4n) is 1.81. The molecule has 20 heavy (non-hydrogen) atoms. The summed E-state index contributed by atoms with van der Waals surface area (Å²) in [4.78, 5) is 4.18. The van der Waals surface area contributed by atoms with Crippen molar-refractivity contribution >= 4 is 9.84 Å². The molecular weight excluding hydrogens is 278 g/mol. The Bertz CT molecular complexity index is 680. The van der Waals surface area contributed by atoms with Crippen LogP contribution in [0.5, 0.6) is 5.88 Å². The lowest BCUT2D eigenvalue weighted by Gasteiger charge is -2.06. The number of rotatable bonds is 6. The number of sulfone groups is 1. The number of aryl methyl sites for hydroxylation is 1. The zero-order valence-corrected chi connectivity index (χ0v) is 12.3. The van der Waals surface area contributed by atoms with Crippen LogP contribution in [-0.4, -0.2) is 29.8 Å². The van der Waals surface area contributed by atoms with E-state index in [0.717, 1.165) is 0 Å². The zero-order valence-electron chi connectivity index (χ0n) is 11.5. The molecule has 2 aromatic heterocycles. The van der Waals surface area contributed by atoms with Gasteiger partial charge in [-0.15, -0.1) is 0 Å². The first-order valence-electron chi connectivity index (χ1n) is 6.26. The number of ether oxygens (including phenoxy) is 1. The van der Waals surface area contributed by atoms with E-state index in [9.17, 15) is 8.42 Å². The highest BCUT2D eigenvalue weighted by Gasteiger charge is 2.16. The van der Waals surface area contributed by atoms with Crippen LogP contribution in [0.3, 0.4) is 0 Å². The SMILES string of the molecule is CCOc1cccc(CS(=O)(=O)Cc2ccnn2C)n1. The van der Waals surface area contributed by atoms with Crippen molar-refractivity contribution in [3.05, 3.63) is 41.9 Å². The quantitative estimate of drug-likeness (QED) is 0.803. The maximum absolute atomic E-state index is 12.2. The first-order chi connectivity index (χ1) is 9.50. The van der Waals surface area contributed by atoms with Crippen LogP contribution >= 0.6 is 0 Å². The van der Waals surface area contributed by atoms with Gasteiger partial charge in [-0.1, -0.05) is 6.07 Å². The standard InChI is InChI=1S/C13H17N3O3S/c1-3-19-13-6-4-5-11(15-13)9-20(17,18)10-12-7-8-14-16(12)2/h4-8H,3,9-10H2,1-2H3. The average molecular weight is 295 g/mol. The monoisotopic (exact) mass is 295 g/mol. The fraction of sp³-hybridized carbons (Fsp3) is 0.385. The van der Waals surface area contributed by atoms with E-state index in [1.165, 1.54) is 0 Å². The average Bonchev–Trinajstić information content (AvgIpc) is 2.74. The summed E-state index contributed by atoms with van der Waals surface area (Å²) in [6, 6.07) is 6.83. The zero-order chi connectivity index (χ0) is 14.6. The number of aromatic nitrogens is 3. The predicted molar refractivity (Wildman–Crippen MR) is 74.9 cm³/mol. The molecule has 0 atom stereocenters. The summed E-state index contributed by atoms with van der Waals surface area (Å²) >= 11 is 0. The van der Waals surface area contributed by atoms with Crippen LogP contribution in [0.15, 0.2) is 30.5 Å². The Balaban J connectivity index is 2.12. The summed E-state index contributed by atoms with van der Waals surface area (Å²) in [5.74, 6) is 0.282. The van der Waals surface area contributed by atoms with Crippen molar-refractivity contribution in [1.82, 2.24) is 14.8 Å². The molecule has 0 fully saturated rings. The predicted octanol–water partition coefficient (Wildman–Crippen LogP) is 1.33. The van der Waals surface area contributed by atoms with Crippen LogP contribution in [0.1, 0.15) is 18.3 Å². The molecule has 108 valence electrons. The summed E-state index contributed by atoms with van der Waals surface area (Å²) < 4.78 is 31.2. The Morgan fingerprint density at radius 3 is 2.70 bits per heavy atom. The van der Waals surface area contributed by atoms with Gasteiger partial charge in [-0.3, -0.25) is 4.68 Å². The topological polar surface area (TPSA) is 74.1 Å². The van der Waals surface area contributed by atoms with Gasteiger partial charge in [-0.2, -0.15) is 5.10 Å². The number of hydrogen-bond donors (Lipinski definition) is 0. The maximum atomic E-state index is 12.2. The van der Waals surface area contributed by atoms with Gasteiger partial charge in [-0.05, 0) is 19.1 Å². The van der Waals surface area contributed by atoms with Crippen molar-refractivity contribution in [2.45, 2.75) is 18.4 Å². The van der Waals surface area contributed by atoms with E-state index in [2.05, 4.69) is 10.1 Å². The van der Waals surface area contributed by atoms with E-state index < -0.39 is 9.84 Å². The Morgan fingerprint density at radius 2 is 2.05 bits per heavy atom. The minimum absolute atomic E-state index is 0.0515. The fourth-order valence-corrected chi connectivity index (χ4v) is 3.26. The van der Waals surface area contributed by atoms with Gasteiger partial charge in [-0.25, -0.2) is 13.4 Å². The third-order valence-corrected chi connectivity index (χ3v) is 4.20. The van der Waals surface area contributed by atoms with Crippen molar-refractivity contribution in [2.75, 3.05) is 6.61 Å². The summed E-state index contributed by atoms with van der Waals surface area (Å²) in [6.07, 6.45) is 1.58. The molecule has 0 aliphatic carbocycles. The summed E-state index contributed by atoms with van der Waals surface area (Å²) in [7, 11) is -1.57. The maximum Gasteiger partial charge on any atom is 0.213 e. The van der Waals surface area contributed by atoms with Gasteiger partial charge in [0.15, 0.2) is 9.84 Å². The number of nitrogens with zero attached hydrogens (tertiary/aromatic N) is 3. The Kier molecular flexibility index (Phi) is 4.39. The van der Waals surface area contributed by atoms with Gasteiger partial charge in [0.05, 0.1) is 29.5 Å². The molecule has 0 amide bonds. The lowest BCUT2D eigenvalue weighted by atomic mass is 10.4. The molecule has 0 N–H and O–H groups in total. The number of hydrogen-bond acceptors (Lipinski definition) is 5. The lowest BCUT2D eigenvalue weighted by molar-refractivity contribution is 0.326. The highest BCUT2D eigenvalue weighted by molar-refractivity contribution is 7.89. The molecule has 0 saturated carbocycles. The van der Waals surface area contributed by atoms with Crippen molar-refractivity contribution in [2.24, 2.45) is 7.05 Å². The first kappa shape index (κ1) is 14.5. The van der Waals surface area contributed by atoms with E-state index in [1.807, 2.05) is 6.92 Å². The summed E-state index contributed by atoms with van der Waals surface area (Å²) in [5, 5.41) is 3.96. The van der Waals surface area contributed by atoms with Crippen LogP contribution in [-0.2, 0) is 28.4 Å². The molecule has 2 rings (SSSR count). The van der Waals surface area contributed by atoms with Crippen LogP contribution < -0.4 is 4.74 Å². The normalized spacial score (nSPS) is 11.5. The molecule has 2 heterocycles. The van der Waals surface area contributed by atoms with E-state index in [0.29, 0.717) is 23.9 Å². The molecule has 6 nitrogen and oxygen atoms in total. The first-order valence-corrected chi connectivity index (χ1v) is 8.08. The van der Waals surface area contributed by atoms with Crippen molar-refractivity contribution in [1.29, 1.82) is 0 Å². The van der Waals surface area contributed by atoms with Crippen molar-refractivity contribution in [3.63, 3.8) is 0 Å². The molecule has 7 heteroatoms.